The van der Waals surface area contributed by atoms with Crippen LogP contribution < -0.4 is 5.32 Å². The van der Waals surface area contributed by atoms with Crippen molar-refractivity contribution in [3.63, 3.8) is 0 Å². The predicted molar refractivity (Wildman–Crippen MR) is 80.3 cm³/mol. The molecule has 5 nitrogen and oxygen atoms in total. The zero-order valence-corrected chi connectivity index (χ0v) is 12.2. The van der Waals surface area contributed by atoms with Crippen LogP contribution in [-0.4, -0.2) is 25.7 Å². The Morgan fingerprint density at radius 2 is 1.81 bits per heavy atom. The van der Waals surface area contributed by atoms with E-state index in [1.54, 1.807) is 36.4 Å². The molecule has 0 atom stereocenters. The summed E-state index contributed by atoms with van der Waals surface area (Å²) in [4.78, 5) is 11.0. The molecule has 0 aliphatic heterocycles. The lowest BCUT2D eigenvalue weighted by Crippen LogP contribution is -2.03. The highest BCUT2D eigenvalue weighted by Crippen LogP contribution is 2.16. The summed E-state index contributed by atoms with van der Waals surface area (Å²) in [5.41, 5.74) is 1.84. The lowest BCUT2D eigenvalue weighted by molar-refractivity contribution is 0.0697. The van der Waals surface area contributed by atoms with E-state index in [9.17, 15) is 13.2 Å². The van der Waals surface area contributed by atoms with Gasteiger partial charge < -0.3 is 10.4 Å². The Hall–Kier alpha value is -2.34. The first-order valence-electron chi connectivity index (χ1n) is 6.22. The van der Waals surface area contributed by atoms with E-state index in [1.165, 1.54) is 12.1 Å². The van der Waals surface area contributed by atoms with Crippen LogP contribution in [0.3, 0.4) is 0 Å². The van der Waals surface area contributed by atoms with Gasteiger partial charge in [0.1, 0.15) is 0 Å². The fourth-order valence-electron chi connectivity index (χ4n) is 1.81. The standard InChI is InChI=1S/C15H15NO4S/c1-21(19,20)14-4-2-3-13(9-14)16-10-11-5-7-12(8-6-11)15(17)18/h2-9,16H,10H2,1H3,(H,17,18). The normalized spacial score (nSPS) is 11.1. The molecular formula is C15H15NO4S. The first-order chi connectivity index (χ1) is 9.86. The Kier molecular flexibility index (Phi) is 4.28. The van der Waals surface area contributed by atoms with Gasteiger partial charge in [-0.25, -0.2) is 13.2 Å². The zero-order chi connectivity index (χ0) is 15.5. The van der Waals surface area contributed by atoms with Gasteiger partial charge in [0, 0.05) is 18.5 Å². The Morgan fingerprint density at radius 3 is 2.38 bits per heavy atom. The molecular weight excluding hydrogens is 290 g/mol. The number of benzene rings is 2. The minimum atomic E-state index is -3.23. The molecule has 2 aromatic carbocycles. The number of hydrogen-bond donors (Lipinski definition) is 2. The van der Waals surface area contributed by atoms with Crippen LogP contribution in [0.25, 0.3) is 0 Å². The van der Waals surface area contributed by atoms with Crippen molar-refractivity contribution in [3.05, 3.63) is 59.7 Å². The Bertz CT molecular complexity index is 751. The van der Waals surface area contributed by atoms with Crippen LogP contribution in [0.1, 0.15) is 15.9 Å². The second kappa shape index (κ2) is 5.97. The maximum Gasteiger partial charge on any atom is 0.335 e. The monoisotopic (exact) mass is 305 g/mol. The molecule has 0 spiro atoms. The molecule has 0 unspecified atom stereocenters. The molecule has 0 saturated heterocycles. The zero-order valence-electron chi connectivity index (χ0n) is 11.4. The third kappa shape index (κ3) is 4.06. The fourth-order valence-corrected chi connectivity index (χ4v) is 2.47. The fraction of sp³-hybridized carbons (Fsp3) is 0.133. The largest absolute Gasteiger partial charge is 0.478 e. The number of aromatic carboxylic acids is 1. The molecule has 0 aromatic heterocycles. The highest BCUT2D eigenvalue weighted by atomic mass is 32.2. The summed E-state index contributed by atoms with van der Waals surface area (Å²) in [6, 6.07) is 13.1. The van der Waals surface area contributed by atoms with E-state index in [0.717, 1.165) is 11.8 Å². The van der Waals surface area contributed by atoms with Crippen molar-refractivity contribution in [3.8, 4) is 0 Å². The second-order valence-corrected chi connectivity index (χ2v) is 6.67. The molecule has 0 amide bonds. The SMILES string of the molecule is CS(=O)(=O)c1cccc(NCc2ccc(C(=O)O)cc2)c1. The smallest absolute Gasteiger partial charge is 0.335 e. The van der Waals surface area contributed by atoms with Gasteiger partial charge in [-0.3, -0.25) is 0 Å². The van der Waals surface area contributed by atoms with Gasteiger partial charge in [-0.1, -0.05) is 18.2 Å². The van der Waals surface area contributed by atoms with Crippen molar-refractivity contribution in [1.29, 1.82) is 0 Å². The Morgan fingerprint density at radius 1 is 1.14 bits per heavy atom. The Labute approximate surface area is 123 Å². The molecule has 0 aliphatic rings. The number of rotatable bonds is 5. The van der Waals surface area contributed by atoms with Crippen molar-refractivity contribution in [2.75, 3.05) is 11.6 Å². The topological polar surface area (TPSA) is 83.5 Å². The van der Waals surface area contributed by atoms with Gasteiger partial charge in [-0.15, -0.1) is 0 Å². The van der Waals surface area contributed by atoms with Gasteiger partial charge >= 0.3 is 5.97 Å². The summed E-state index contributed by atoms with van der Waals surface area (Å²) in [5, 5.41) is 11.9. The molecule has 6 heteroatoms. The average molecular weight is 305 g/mol. The molecule has 0 heterocycles. The lowest BCUT2D eigenvalue weighted by atomic mass is 10.1. The van der Waals surface area contributed by atoms with E-state index < -0.39 is 15.8 Å². The van der Waals surface area contributed by atoms with E-state index in [2.05, 4.69) is 5.32 Å². The van der Waals surface area contributed by atoms with Crippen LogP contribution in [0.5, 0.6) is 0 Å². The number of carbonyl (C=O) groups is 1. The van der Waals surface area contributed by atoms with Crippen LogP contribution in [0.15, 0.2) is 53.4 Å². The molecule has 2 N–H and O–H groups in total. The minimum absolute atomic E-state index is 0.234. The van der Waals surface area contributed by atoms with Crippen molar-refractivity contribution >= 4 is 21.5 Å². The van der Waals surface area contributed by atoms with Crippen LogP contribution in [-0.2, 0) is 16.4 Å². The van der Waals surface area contributed by atoms with Crippen molar-refractivity contribution in [2.24, 2.45) is 0 Å². The van der Waals surface area contributed by atoms with Crippen LogP contribution >= 0.6 is 0 Å². The summed E-state index contributed by atoms with van der Waals surface area (Å²) in [6.07, 6.45) is 1.16. The van der Waals surface area contributed by atoms with Crippen molar-refractivity contribution < 1.29 is 18.3 Å². The van der Waals surface area contributed by atoms with E-state index in [4.69, 9.17) is 5.11 Å². The third-order valence-electron chi connectivity index (χ3n) is 2.96. The number of nitrogens with one attached hydrogen (secondary N) is 1. The molecule has 2 aromatic rings. The van der Waals surface area contributed by atoms with Crippen LogP contribution in [0, 0.1) is 0 Å². The van der Waals surface area contributed by atoms with Gasteiger partial charge in [0.25, 0.3) is 0 Å². The third-order valence-corrected chi connectivity index (χ3v) is 4.07. The quantitative estimate of drug-likeness (QED) is 0.886. The molecule has 0 saturated carbocycles. The highest BCUT2D eigenvalue weighted by Gasteiger charge is 2.07. The van der Waals surface area contributed by atoms with Crippen molar-refractivity contribution in [1.82, 2.24) is 0 Å². The highest BCUT2D eigenvalue weighted by molar-refractivity contribution is 7.90. The number of anilines is 1. The molecule has 2 rings (SSSR count). The van der Waals surface area contributed by atoms with Gasteiger partial charge in [0.05, 0.1) is 10.5 Å². The number of sulfone groups is 1. The summed E-state index contributed by atoms with van der Waals surface area (Å²) in [6.45, 7) is 0.479. The molecule has 0 bridgehead atoms. The first-order valence-corrected chi connectivity index (χ1v) is 8.11. The van der Waals surface area contributed by atoms with Crippen LogP contribution in [0.4, 0.5) is 5.69 Å². The average Bonchev–Trinajstić information content (AvgIpc) is 2.45. The van der Waals surface area contributed by atoms with Crippen molar-refractivity contribution in [2.45, 2.75) is 11.4 Å². The molecule has 0 radical (unpaired) electrons. The molecule has 0 aliphatic carbocycles. The predicted octanol–water partition coefficient (Wildman–Crippen LogP) is 2.40. The van der Waals surface area contributed by atoms with Crippen LogP contribution in [0.2, 0.25) is 0 Å². The number of carboxylic acids is 1. The summed E-state index contributed by atoms with van der Waals surface area (Å²) >= 11 is 0. The summed E-state index contributed by atoms with van der Waals surface area (Å²) < 4.78 is 23.0. The minimum Gasteiger partial charge on any atom is -0.478 e. The number of hydrogen-bond acceptors (Lipinski definition) is 4. The lowest BCUT2D eigenvalue weighted by Gasteiger charge is -2.08. The molecule has 110 valence electrons. The maximum atomic E-state index is 11.5. The second-order valence-electron chi connectivity index (χ2n) is 4.66. The van der Waals surface area contributed by atoms with E-state index in [-0.39, 0.29) is 10.5 Å². The summed E-state index contributed by atoms with van der Waals surface area (Å²) in [5.74, 6) is -0.963. The van der Waals surface area contributed by atoms with E-state index in [1.807, 2.05) is 0 Å². The van der Waals surface area contributed by atoms with E-state index >= 15 is 0 Å². The number of carboxylic acid groups (broad SMARTS) is 1. The van der Waals surface area contributed by atoms with Gasteiger partial charge in [0.15, 0.2) is 9.84 Å². The van der Waals surface area contributed by atoms with E-state index in [0.29, 0.717) is 12.2 Å². The molecule has 0 fully saturated rings. The first kappa shape index (κ1) is 15.1. The van der Waals surface area contributed by atoms with Gasteiger partial charge in [0.2, 0.25) is 0 Å². The maximum absolute atomic E-state index is 11.5. The van der Waals surface area contributed by atoms with Gasteiger partial charge in [-0.05, 0) is 35.9 Å². The summed E-state index contributed by atoms with van der Waals surface area (Å²) in [7, 11) is -3.23. The molecule has 21 heavy (non-hydrogen) atoms. The van der Waals surface area contributed by atoms with Gasteiger partial charge in [-0.2, -0.15) is 0 Å². The Balaban J connectivity index is 2.08.